The highest BCUT2D eigenvalue weighted by Gasteiger charge is 2.17. The van der Waals surface area contributed by atoms with Gasteiger partial charge in [0.05, 0.1) is 12.3 Å². The molecule has 2 aromatic heterocycles. The first kappa shape index (κ1) is 17.3. The lowest BCUT2D eigenvalue weighted by Gasteiger charge is -2.18. The van der Waals surface area contributed by atoms with Gasteiger partial charge in [0.15, 0.2) is 16.6 Å². The van der Waals surface area contributed by atoms with Gasteiger partial charge in [-0.05, 0) is 37.3 Å². The van der Waals surface area contributed by atoms with Crippen LogP contribution in [0.4, 0.5) is 5.13 Å². The number of thiazole rings is 1. The van der Waals surface area contributed by atoms with E-state index in [1.54, 1.807) is 18.3 Å². The Morgan fingerprint density at radius 2 is 2.11 bits per heavy atom. The summed E-state index contributed by atoms with van der Waals surface area (Å²) in [6, 6.07) is 9.04. The van der Waals surface area contributed by atoms with Gasteiger partial charge in [-0.1, -0.05) is 0 Å². The van der Waals surface area contributed by atoms with Crippen LogP contribution >= 0.6 is 11.3 Å². The molecule has 27 heavy (non-hydrogen) atoms. The lowest BCUT2D eigenvalue weighted by atomic mass is 10.1. The summed E-state index contributed by atoms with van der Waals surface area (Å²) in [6.07, 6.45) is 1.59. The number of hydrogen-bond donors (Lipinski definition) is 1. The van der Waals surface area contributed by atoms with Crippen LogP contribution in [-0.2, 0) is 0 Å². The van der Waals surface area contributed by atoms with Crippen molar-refractivity contribution in [2.24, 2.45) is 0 Å². The number of hydrogen-bond acceptors (Lipinski definition) is 7. The lowest BCUT2D eigenvalue weighted by Crippen LogP contribution is -2.15. The average molecular weight is 383 g/mol. The van der Waals surface area contributed by atoms with E-state index in [2.05, 4.69) is 15.3 Å². The number of nitrogens with one attached hydrogen (secondary N) is 1. The maximum Gasteiger partial charge on any atom is 0.262 e. The molecule has 0 radical (unpaired) electrons. The second-order valence-corrected chi connectivity index (χ2v) is 6.50. The molecule has 0 spiro atoms. The molecule has 0 saturated carbocycles. The minimum absolute atomic E-state index is 0.307. The summed E-state index contributed by atoms with van der Waals surface area (Å²) in [7, 11) is 0. The summed E-state index contributed by atoms with van der Waals surface area (Å²) in [4.78, 5) is 21.1. The summed E-state index contributed by atoms with van der Waals surface area (Å²) in [5.74, 6) is 1.43. The van der Waals surface area contributed by atoms with Gasteiger partial charge in [0.25, 0.3) is 5.91 Å². The molecule has 7 nitrogen and oxygen atoms in total. The van der Waals surface area contributed by atoms with Crippen LogP contribution in [0.1, 0.15) is 17.3 Å². The van der Waals surface area contributed by atoms with Gasteiger partial charge >= 0.3 is 0 Å². The quantitative estimate of drug-likeness (QED) is 0.724. The zero-order valence-corrected chi connectivity index (χ0v) is 15.4. The van der Waals surface area contributed by atoms with Crippen LogP contribution < -0.4 is 19.5 Å². The summed E-state index contributed by atoms with van der Waals surface area (Å²) < 4.78 is 16.6. The van der Waals surface area contributed by atoms with E-state index in [1.165, 1.54) is 11.3 Å². The minimum Gasteiger partial charge on any atom is -0.486 e. The maximum absolute atomic E-state index is 12.5. The molecule has 3 heterocycles. The second-order valence-electron chi connectivity index (χ2n) is 5.64. The number of benzene rings is 1. The Hall–Kier alpha value is -3.13. The van der Waals surface area contributed by atoms with E-state index in [1.807, 2.05) is 30.5 Å². The normalized spacial score (nSPS) is 12.5. The predicted molar refractivity (Wildman–Crippen MR) is 102 cm³/mol. The molecule has 4 rings (SSSR count). The highest BCUT2D eigenvalue weighted by Crippen LogP contribution is 2.35. The van der Waals surface area contributed by atoms with Crippen molar-refractivity contribution in [2.45, 2.75) is 6.92 Å². The number of carbonyl (C=O) groups excluding carboxylic acids is 1. The Labute approximate surface area is 159 Å². The zero-order valence-electron chi connectivity index (χ0n) is 14.6. The fraction of sp³-hybridized carbons (Fsp3) is 0.211. The monoisotopic (exact) mass is 383 g/mol. The molecule has 0 fully saturated rings. The fourth-order valence-corrected chi connectivity index (χ4v) is 3.36. The third kappa shape index (κ3) is 3.70. The van der Waals surface area contributed by atoms with Crippen molar-refractivity contribution in [3.8, 4) is 28.6 Å². The average Bonchev–Trinajstić information content (AvgIpc) is 3.16. The molecule has 1 aliphatic heterocycles. The molecule has 0 saturated heterocycles. The van der Waals surface area contributed by atoms with Crippen LogP contribution in [0.5, 0.6) is 17.4 Å². The van der Waals surface area contributed by atoms with Crippen LogP contribution in [0.3, 0.4) is 0 Å². The Morgan fingerprint density at radius 3 is 2.96 bits per heavy atom. The summed E-state index contributed by atoms with van der Waals surface area (Å²) in [5, 5.41) is 5.18. The van der Waals surface area contributed by atoms with Crippen LogP contribution in [0, 0.1) is 0 Å². The standard InChI is InChI=1S/C19H17N3O4S/c1-2-24-18-13(4-3-7-20-18)17(23)22-19-21-14(11-27-19)12-5-6-15-16(10-12)26-9-8-25-15/h3-7,10-11H,2,8-9H2,1H3,(H,21,22,23). The largest absolute Gasteiger partial charge is 0.486 e. The molecule has 1 aliphatic rings. The van der Waals surface area contributed by atoms with Gasteiger partial charge in [-0.3, -0.25) is 10.1 Å². The van der Waals surface area contributed by atoms with Gasteiger partial charge in [-0.25, -0.2) is 9.97 Å². The van der Waals surface area contributed by atoms with Crippen LogP contribution in [0.2, 0.25) is 0 Å². The van der Waals surface area contributed by atoms with Crippen LogP contribution in [0.15, 0.2) is 41.9 Å². The summed E-state index contributed by atoms with van der Waals surface area (Å²) in [5.41, 5.74) is 2.02. The third-order valence-corrected chi connectivity index (χ3v) is 4.62. The number of nitrogens with zero attached hydrogens (tertiary/aromatic N) is 2. The van der Waals surface area contributed by atoms with Crippen LogP contribution in [-0.4, -0.2) is 35.7 Å². The SMILES string of the molecule is CCOc1ncccc1C(=O)Nc1nc(-c2ccc3c(c2)OCCO3)cs1. The molecule has 0 aliphatic carbocycles. The molecule has 0 unspecified atom stereocenters. The van der Waals surface area contributed by atoms with E-state index in [4.69, 9.17) is 14.2 Å². The van der Waals surface area contributed by atoms with Gasteiger partial charge in [0.1, 0.15) is 18.8 Å². The topological polar surface area (TPSA) is 82.6 Å². The Kier molecular flexibility index (Phi) is 4.88. The van der Waals surface area contributed by atoms with Crippen molar-refractivity contribution in [1.82, 2.24) is 9.97 Å². The summed E-state index contributed by atoms with van der Waals surface area (Å²) in [6.45, 7) is 3.36. The van der Waals surface area contributed by atoms with Gasteiger partial charge < -0.3 is 14.2 Å². The number of pyridine rings is 1. The number of rotatable bonds is 5. The molecule has 138 valence electrons. The molecule has 0 atom stereocenters. The highest BCUT2D eigenvalue weighted by molar-refractivity contribution is 7.14. The Balaban J connectivity index is 1.52. The Bertz CT molecular complexity index is 973. The lowest BCUT2D eigenvalue weighted by molar-refractivity contribution is 0.102. The van der Waals surface area contributed by atoms with E-state index in [0.29, 0.717) is 42.1 Å². The molecule has 8 heteroatoms. The fourth-order valence-electron chi connectivity index (χ4n) is 2.65. The van der Waals surface area contributed by atoms with Gasteiger partial charge in [-0.15, -0.1) is 11.3 Å². The first-order valence-electron chi connectivity index (χ1n) is 8.49. The molecule has 1 amide bonds. The first-order chi connectivity index (χ1) is 13.2. The van der Waals surface area contributed by atoms with Crippen molar-refractivity contribution in [1.29, 1.82) is 0 Å². The van der Waals surface area contributed by atoms with Crippen molar-refractivity contribution in [3.63, 3.8) is 0 Å². The number of ether oxygens (including phenoxy) is 3. The van der Waals surface area contributed by atoms with E-state index in [0.717, 1.165) is 17.0 Å². The first-order valence-corrected chi connectivity index (χ1v) is 9.37. The number of anilines is 1. The highest BCUT2D eigenvalue weighted by atomic mass is 32.1. The molecule has 1 aromatic carbocycles. The number of carbonyl (C=O) groups is 1. The number of amides is 1. The van der Waals surface area contributed by atoms with Crippen molar-refractivity contribution >= 4 is 22.4 Å². The van der Waals surface area contributed by atoms with Crippen molar-refractivity contribution in [2.75, 3.05) is 25.1 Å². The predicted octanol–water partition coefficient (Wildman–Crippen LogP) is 3.63. The number of aromatic nitrogens is 2. The van der Waals surface area contributed by atoms with E-state index >= 15 is 0 Å². The molecule has 1 N–H and O–H groups in total. The van der Waals surface area contributed by atoms with E-state index in [9.17, 15) is 4.79 Å². The van der Waals surface area contributed by atoms with Gasteiger partial charge in [-0.2, -0.15) is 0 Å². The van der Waals surface area contributed by atoms with E-state index < -0.39 is 0 Å². The number of fused-ring (bicyclic) bond motifs is 1. The smallest absolute Gasteiger partial charge is 0.262 e. The molecule has 3 aromatic rings. The molecular formula is C19H17N3O4S. The van der Waals surface area contributed by atoms with E-state index in [-0.39, 0.29) is 5.91 Å². The minimum atomic E-state index is -0.311. The van der Waals surface area contributed by atoms with Crippen molar-refractivity contribution < 1.29 is 19.0 Å². The van der Waals surface area contributed by atoms with Crippen LogP contribution in [0.25, 0.3) is 11.3 Å². The molecule has 0 bridgehead atoms. The Morgan fingerprint density at radius 1 is 1.26 bits per heavy atom. The second kappa shape index (κ2) is 7.63. The maximum atomic E-state index is 12.5. The zero-order chi connectivity index (χ0) is 18.6. The molecular weight excluding hydrogens is 366 g/mol. The van der Waals surface area contributed by atoms with Gasteiger partial charge in [0.2, 0.25) is 5.88 Å². The third-order valence-electron chi connectivity index (χ3n) is 3.86. The summed E-state index contributed by atoms with van der Waals surface area (Å²) >= 11 is 1.35. The van der Waals surface area contributed by atoms with Crippen molar-refractivity contribution in [3.05, 3.63) is 47.5 Å². The van der Waals surface area contributed by atoms with Gasteiger partial charge in [0, 0.05) is 17.1 Å².